The first kappa shape index (κ1) is 13.8. The van der Waals surface area contributed by atoms with Crippen LogP contribution in [0.15, 0.2) is 18.2 Å². The molecule has 1 saturated heterocycles. The lowest BCUT2D eigenvalue weighted by molar-refractivity contribution is 0.0690. The Morgan fingerprint density at radius 2 is 2.28 bits per heavy atom. The SMILES string of the molecule is CC1CN(C(=O)c2ccc(F)cc2Cl)CCC1Br. The molecule has 0 radical (unpaired) electrons. The summed E-state index contributed by atoms with van der Waals surface area (Å²) in [5, 5.41) is 0.175. The molecule has 1 aliphatic heterocycles. The molecule has 1 fully saturated rings. The van der Waals surface area contributed by atoms with Crippen molar-refractivity contribution in [3.8, 4) is 0 Å². The van der Waals surface area contributed by atoms with Gasteiger partial charge in [-0.3, -0.25) is 4.79 Å². The van der Waals surface area contributed by atoms with E-state index in [1.165, 1.54) is 18.2 Å². The summed E-state index contributed by atoms with van der Waals surface area (Å²) in [4.78, 5) is 14.5. The number of hydrogen-bond donors (Lipinski definition) is 0. The molecule has 18 heavy (non-hydrogen) atoms. The third-order valence-corrected chi connectivity index (χ3v) is 4.92. The summed E-state index contributed by atoms with van der Waals surface area (Å²) in [7, 11) is 0. The molecule has 0 N–H and O–H groups in total. The fourth-order valence-corrected chi connectivity index (χ4v) is 2.75. The van der Waals surface area contributed by atoms with Gasteiger partial charge in [-0.2, -0.15) is 0 Å². The molecule has 0 saturated carbocycles. The summed E-state index contributed by atoms with van der Waals surface area (Å²) in [5.74, 6) is -0.141. The number of piperidine rings is 1. The highest BCUT2D eigenvalue weighted by atomic mass is 79.9. The topological polar surface area (TPSA) is 20.3 Å². The van der Waals surface area contributed by atoms with Crippen LogP contribution >= 0.6 is 27.5 Å². The number of carbonyl (C=O) groups is 1. The van der Waals surface area contributed by atoms with Gasteiger partial charge in [0.1, 0.15) is 5.82 Å². The van der Waals surface area contributed by atoms with Crippen molar-refractivity contribution in [3.63, 3.8) is 0 Å². The monoisotopic (exact) mass is 333 g/mol. The summed E-state index contributed by atoms with van der Waals surface area (Å²) >= 11 is 9.51. The number of hydrogen-bond acceptors (Lipinski definition) is 1. The molecule has 2 unspecified atom stereocenters. The number of amides is 1. The van der Waals surface area contributed by atoms with Crippen LogP contribution in [0.2, 0.25) is 5.02 Å². The molecule has 0 aromatic heterocycles. The van der Waals surface area contributed by atoms with Crippen LogP contribution in [0, 0.1) is 11.7 Å². The second-order valence-electron chi connectivity index (χ2n) is 4.66. The maximum Gasteiger partial charge on any atom is 0.255 e. The zero-order valence-corrected chi connectivity index (χ0v) is 12.3. The van der Waals surface area contributed by atoms with Crippen LogP contribution in [0.1, 0.15) is 23.7 Å². The second kappa shape index (κ2) is 5.57. The molecule has 0 spiro atoms. The standard InChI is InChI=1S/C13H14BrClFNO/c1-8-7-17(5-4-11(8)14)13(18)10-3-2-9(16)6-12(10)15/h2-3,6,8,11H,4-5,7H2,1H3. The minimum atomic E-state index is -0.427. The van der Waals surface area contributed by atoms with Crippen molar-refractivity contribution in [2.24, 2.45) is 5.92 Å². The van der Waals surface area contributed by atoms with Crippen LogP contribution in [-0.2, 0) is 0 Å². The van der Waals surface area contributed by atoms with Gasteiger partial charge in [-0.05, 0) is 30.5 Å². The first-order valence-electron chi connectivity index (χ1n) is 5.87. The Morgan fingerprint density at radius 1 is 1.56 bits per heavy atom. The van der Waals surface area contributed by atoms with Crippen LogP contribution < -0.4 is 0 Å². The molecule has 0 bridgehead atoms. The van der Waals surface area contributed by atoms with Crippen LogP contribution in [0.25, 0.3) is 0 Å². The molecule has 1 amide bonds. The van der Waals surface area contributed by atoms with Gasteiger partial charge in [0.2, 0.25) is 0 Å². The Hall–Kier alpha value is -0.610. The van der Waals surface area contributed by atoms with Crippen LogP contribution in [0.4, 0.5) is 4.39 Å². The Bertz CT molecular complexity index is 468. The van der Waals surface area contributed by atoms with Crippen molar-refractivity contribution in [2.75, 3.05) is 13.1 Å². The molecule has 1 aromatic rings. The quantitative estimate of drug-likeness (QED) is 0.717. The van der Waals surface area contributed by atoms with Crippen molar-refractivity contribution >= 4 is 33.4 Å². The highest BCUT2D eigenvalue weighted by Gasteiger charge is 2.28. The second-order valence-corrected chi connectivity index (χ2v) is 6.24. The lowest BCUT2D eigenvalue weighted by Gasteiger charge is -2.34. The summed E-state index contributed by atoms with van der Waals surface area (Å²) in [6.45, 7) is 3.50. The van der Waals surface area contributed by atoms with Crippen LogP contribution in [0.3, 0.4) is 0 Å². The number of alkyl halides is 1. The van der Waals surface area contributed by atoms with E-state index in [1.807, 2.05) is 0 Å². The van der Waals surface area contributed by atoms with Gasteiger partial charge in [0.25, 0.3) is 5.91 Å². The fourth-order valence-electron chi connectivity index (χ4n) is 2.13. The summed E-state index contributed by atoms with van der Waals surface area (Å²) < 4.78 is 13.0. The van der Waals surface area contributed by atoms with E-state index in [0.717, 1.165) is 6.42 Å². The normalized spacial score (nSPS) is 24.1. The van der Waals surface area contributed by atoms with Gasteiger partial charge in [-0.25, -0.2) is 4.39 Å². The maximum absolute atomic E-state index is 13.0. The zero-order chi connectivity index (χ0) is 13.3. The van der Waals surface area contributed by atoms with Crippen molar-refractivity contribution in [2.45, 2.75) is 18.2 Å². The minimum Gasteiger partial charge on any atom is -0.338 e. The Labute approximate surface area is 119 Å². The number of benzene rings is 1. The average molecular weight is 335 g/mol. The van der Waals surface area contributed by atoms with Gasteiger partial charge in [-0.15, -0.1) is 0 Å². The predicted molar refractivity (Wildman–Crippen MR) is 73.8 cm³/mol. The van der Waals surface area contributed by atoms with Crippen molar-refractivity contribution < 1.29 is 9.18 Å². The molecule has 2 rings (SSSR count). The first-order valence-corrected chi connectivity index (χ1v) is 7.17. The lowest BCUT2D eigenvalue weighted by atomic mass is 9.99. The predicted octanol–water partition coefficient (Wildman–Crippen LogP) is 3.72. The number of carbonyl (C=O) groups excluding carboxylic acids is 1. The Morgan fingerprint density at radius 3 is 2.89 bits per heavy atom. The van der Waals surface area contributed by atoms with E-state index >= 15 is 0 Å². The zero-order valence-electron chi connectivity index (χ0n) is 10.00. The molecule has 2 atom stereocenters. The van der Waals surface area contributed by atoms with Gasteiger partial charge in [-0.1, -0.05) is 34.5 Å². The highest BCUT2D eigenvalue weighted by Crippen LogP contribution is 2.26. The van der Waals surface area contributed by atoms with Crippen molar-refractivity contribution in [1.82, 2.24) is 4.90 Å². The molecule has 1 aromatic carbocycles. The van der Waals surface area contributed by atoms with E-state index in [1.54, 1.807) is 4.90 Å². The number of rotatable bonds is 1. The lowest BCUT2D eigenvalue weighted by Crippen LogP contribution is -2.43. The first-order chi connectivity index (χ1) is 8.49. The summed E-state index contributed by atoms with van der Waals surface area (Å²) in [5.41, 5.74) is 0.373. The third-order valence-electron chi connectivity index (χ3n) is 3.25. The van der Waals surface area contributed by atoms with Crippen molar-refractivity contribution in [1.29, 1.82) is 0 Å². The van der Waals surface area contributed by atoms with E-state index < -0.39 is 5.82 Å². The number of nitrogens with zero attached hydrogens (tertiary/aromatic N) is 1. The van der Waals surface area contributed by atoms with Gasteiger partial charge < -0.3 is 4.90 Å². The van der Waals surface area contributed by atoms with Crippen LogP contribution in [-0.4, -0.2) is 28.7 Å². The average Bonchev–Trinajstić information content (AvgIpc) is 2.32. The molecular formula is C13H14BrClFNO. The highest BCUT2D eigenvalue weighted by molar-refractivity contribution is 9.09. The van der Waals surface area contributed by atoms with E-state index in [9.17, 15) is 9.18 Å². The molecule has 5 heteroatoms. The molecule has 0 aliphatic carbocycles. The Balaban J connectivity index is 2.16. The number of halogens is 3. The largest absolute Gasteiger partial charge is 0.338 e. The smallest absolute Gasteiger partial charge is 0.255 e. The van der Waals surface area contributed by atoms with E-state index in [2.05, 4.69) is 22.9 Å². The van der Waals surface area contributed by atoms with Gasteiger partial charge >= 0.3 is 0 Å². The molecule has 1 heterocycles. The molecular weight excluding hydrogens is 321 g/mol. The molecule has 2 nitrogen and oxygen atoms in total. The van der Waals surface area contributed by atoms with Crippen molar-refractivity contribution in [3.05, 3.63) is 34.6 Å². The maximum atomic E-state index is 13.0. The van der Waals surface area contributed by atoms with E-state index in [4.69, 9.17) is 11.6 Å². The summed E-state index contributed by atoms with van der Waals surface area (Å²) in [6, 6.07) is 3.89. The Kier molecular flexibility index (Phi) is 4.28. The third kappa shape index (κ3) is 2.86. The van der Waals surface area contributed by atoms with Gasteiger partial charge in [0.15, 0.2) is 0 Å². The van der Waals surface area contributed by atoms with Crippen LogP contribution in [0.5, 0.6) is 0 Å². The number of likely N-dealkylation sites (tertiary alicyclic amines) is 1. The molecule has 1 aliphatic rings. The van der Waals surface area contributed by atoms with Gasteiger partial charge in [0.05, 0.1) is 10.6 Å². The van der Waals surface area contributed by atoms with E-state index in [-0.39, 0.29) is 10.9 Å². The van der Waals surface area contributed by atoms with E-state index in [0.29, 0.717) is 29.4 Å². The minimum absolute atomic E-state index is 0.119. The van der Waals surface area contributed by atoms with Gasteiger partial charge in [0, 0.05) is 17.9 Å². The fraction of sp³-hybridized carbons (Fsp3) is 0.462. The molecule has 98 valence electrons. The summed E-state index contributed by atoms with van der Waals surface area (Å²) in [6.07, 6.45) is 0.922.